The average Bonchev–Trinajstić information content (AvgIpc) is 2.14. The van der Waals surface area contributed by atoms with Gasteiger partial charge >= 0.3 is 6.09 Å². The third kappa shape index (κ3) is 7.45. The lowest BCUT2D eigenvalue weighted by molar-refractivity contribution is 0.0515. The standard InChI is InChI=1S/C12H24N2O2.ClH/c1-12(2,3)16-11(15)14-8-9-4-6-10(13)7-5-9;/h9-10H,4-8,13H2,1-3H3,(H,14,15);1H. The van der Waals surface area contributed by atoms with Gasteiger partial charge in [-0.25, -0.2) is 4.79 Å². The molecule has 5 heteroatoms. The summed E-state index contributed by atoms with van der Waals surface area (Å²) in [5.41, 5.74) is 5.41. The van der Waals surface area contributed by atoms with Gasteiger partial charge in [-0.3, -0.25) is 0 Å². The molecule has 0 aliphatic heterocycles. The molecule has 0 spiro atoms. The van der Waals surface area contributed by atoms with E-state index in [0.29, 0.717) is 18.5 Å². The van der Waals surface area contributed by atoms with E-state index in [4.69, 9.17) is 10.5 Å². The van der Waals surface area contributed by atoms with Gasteiger partial charge in [-0.05, 0) is 52.4 Å². The number of carbonyl (C=O) groups is 1. The van der Waals surface area contributed by atoms with Crippen molar-refractivity contribution in [2.45, 2.75) is 58.1 Å². The van der Waals surface area contributed by atoms with Gasteiger partial charge < -0.3 is 15.8 Å². The van der Waals surface area contributed by atoms with Crippen molar-refractivity contribution in [3.8, 4) is 0 Å². The molecule has 17 heavy (non-hydrogen) atoms. The summed E-state index contributed by atoms with van der Waals surface area (Å²) in [6.45, 7) is 6.31. The predicted octanol–water partition coefficient (Wildman–Crippen LogP) is 2.45. The van der Waals surface area contributed by atoms with Gasteiger partial charge in [0.1, 0.15) is 5.60 Å². The third-order valence-corrected chi connectivity index (χ3v) is 2.83. The van der Waals surface area contributed by atoms with Crippen LogP contribution in [0.15, 0.2) is 0 Å². The molecule has 0 aromatic rings. The summed E-state index contributed by atoms with van der Waals surface area (Å²) in [4.78, 5) is 11.4. The molecule has 0 atom stereocenters. The average molecular weight is 265 g/mol. The van der Waals surface area contributed by atoms with Gasteiger partial charge in [0.25, 0.3) is 0 Å². The van der Waals surface area contributed by atoms with Crippen molar-refractivity contribution < 1.29 is 9.53 Å². The largest absolute Gasteiger partial charge is 0.444 e. The summed E-state index contributed by atoms with van der Waals surface area (Å²) < 4.78 is 5.18. The molecule has 0 bridgehead atoms. The Hall–Kier alpha value is -0.480. The number of rotatable bonds is 2. The second-order valence-corrected chi connectivity index (χ2v) is 5.66. The molecule has 102 valence electrons. The van der Waals surface area contributed by atoms with E-state index in [2.05, 4.69) is 5.32 Å². The molecule has 0 saturated heterocycles. The third-order valence-electron chi connectivity index (χ3n) is 2.83. The Morgan fingerprint density at radius 3 is 2.29 bits per heavy atom. The molecule has 0 radical (unpaired) electrons. The van der Waals surface area contributed by atoms with Crippen LogP contribution >= 0.6 is 12.4 Å². The highest BCUT2D eigenvalue weighted by molar-refractivity contribution is 5.85. The first kappa shape index (κ1) is 16.5. The van der Waals surface area contributed by atoms with E-state index in [1.54, 1.807) is 0 Å². The van der Waals surface area contributed by atoms with Crippen LogP contribution < -0.4 is 11.1 Å². The van der Waals surface area contributed by atoms with E-state index in [1.165, 1.54) is 0 Å². The van der Waals surface area contributed by atoms with E-state index >= 15 is 0 Å². The summed E-state index contributed by atoms with van der Waals surface area (Å²) in [6, 6.07) is 0.359. The molecule has 1 aliphatic carbocycles. The number of hydrogen-bond donors (Lipinski definition) is 2. The monoisotopic (exact) mass is 264 g/mol. The molecule has 0 heterocycles. The van der Waals surface area contributed by atoms with Crippen molar-refractivity contribution in [3.63, 3.8) is 0 Å². The van der Waals surface area contributed by atoms with Crippen molar-refractivity contribution in [1.82, 2.24) is 5.32 Å². The van der Waals surface area contributed by atoms with Gasteiger partial charge in [0.05, 0.1) is 0 Å². The molecule has 1 aliphatic rings. The van der Waals surface area contributed by atoms with E-state index in [0.717, 1.165) is 25.7 Å². The molecule has 4 nitrogen and oxygen atoms in total. The van der Waals surface area contributed by atoms with E-state index in [1.807, 2.05) is 20.8 Å². The minimum Gasteiger partial charge on any atom is -0.444 e. The smallest absolute Gasteiger partial charge is 0.407 e. The predicted molar refractivity (Wildman–Crippen MR) is 71.4 cm³/mol. The van der Waals surface area contributed by atoms with Gasteiger partial charge in [0, 0.05) is 12.6 Å². The Bertz CT molecular complexity index is 233. The van der Waals surface area contributed by atoms with Crippen LogP contribution in [0.3, 0.4) is 0 Å². The fraction of sp³-hybridized carbons (Fsp3) is 0.917. The van der Waals surface area contributed by atoms with Crippen molar-refractivity contribution >= 4 is 18.5 Å². The van der Waals surface area contributed by atoms with Crippen molar-refractivity contribution in [1.29, 1.82) is 0 Å². The zero-order chi connectivity index (χ0) is 12.2. The molecule has 1 amide bonds. The van der Waals surface area contributed by atoms with Crippen LogP contribution in [0.1, 0.15) is 46.5 Å². The first-order chi connectivity index (χ1) is 7.37. The Kier molecular flexibility index (Phi) is 6.87. The van der Waals surface area contributed by atoms with Gasteiger partial charge in [-0.2, -0.15) is 0 Å². The minimum absolute atomic E-state index is 0. The zero-order valence-electron chi connectivity index (χ0n) is 11.0. The number of alkyl carbamates (subject to hydrolysis) is 1. The molecule has 0 unspecified atom stereocenters. The van der Waals surface area contributed by atoms with Crippen molar-refractivity contribution in [2.24, 2.45) is 11.7 Å². The maximum atomic E-state index is 11.4. The number of hydrogen-bond acceptors (Lipinski definition) is 3. The summed E-state index contributed by atoms with van der Waals surface area (Å²) >= 11 is 0. The van der Waals surface area contributed by atoms with Crippen molar-refractivity contribution in [3.05, 3.63) is 0 Å². The van der Waals surface area contributed by atoms with Crippen LogP contribution in [0.25, 0.3) is 0 Å². The van der Waals surface area contributed by atoms with Gasteiger partial charge in [0.2, 0.25) is 0 Å². The number of amides is 1. The SMILES string of the molecule is CC(C)(C)OC(=O)NCC1CCC(N)CC1.Cl. The Morgan fingerprint density at radius 1 is 1.29 bits per heavy atom. The maximum Gasteiger partial charge on any atom is 0.407 e. The normalized spacial score (nSPS) is 24.7. The molecule has 3 N–H and O–H groups in total. The number of nitrogens with one attached hydrogen (secondary N) is 1. The number of halogens is 1. The number of ether oxygens (including phenoxy) is 1. The second-order valence-electron chi connectivity index (χ2n) is 5.66. The molecule has 1 rings (SSSR count). The van der Waals surface area contributed by atoms with Gasteiger partial charge in [0.15, 0.2) is 0 Å². The van der Waals surface area contributed by atoms with Crippen molar-refractivity contribution in [2.75, 3.05) is 6.54 Å². The first-order valence-corrected chi connectivity index (χ1v) is 6.09. The summed E-state index contributed by atoms with van der Waals surface area (Å²) in [7, 11) is 0. The summed E-state index contributed by atoms with van der Waals surface area (Å²) in [6.07, 6.45) is 4.04. The van der Waals surface area contributed by atoms with Crippen LogP contribution in [-0.2, 0) is 4.74 Å². The first-order valence-electron chi connectivity index (χ1n) is 6.09. The van der Waals surface area contributed by atoms with Crippen LogP contribution in [0.4, 0.5) is 4.79 Å². The quantitative estimate of drug-likeness (QED) is 0.805. The molecular weight excluding hydrogens is 240 g/mol. The lowest BCUT2D eigenvalue weighted by Gasteiger charge is -2.26. The Morgan fingerprint density at radius 2 is 1.82 bits per heavy atom. The number of carbonyl (C=O) groups excluding carboxylic acids is 1. The summed E-state index contributed by atoms with van der Waals surface area (Å²) in [5.74, 6) is 0.562. The van der Waals surface area contributed by atoms with Crippen LogP contribution in [0.2, 0.25) is 0 Å². The molecule has 0 aromatic carbocycles. The van der Waals surface area contributed by atoms with E-state index < -0.39 is 5.60 Å². The Balaban J connectivity index is 0.00000256. The molecule has 1 fully saturated rings. The topological polar surface area (TPSA) is 64.3 Å². The van der Waals surface area contributed by atoms with E-state index in [9.17, 15) is 4.79 Å². The zero-order valence-corrected chi connectivity index (χ0v) is 11.8. The highest BCUT2D eigenvalue weighted by Crippen LogP contribution is 2.22. The van der Waals surface area contributed by atoms with Crippen LogP contribution in [0.5, 0.6) is 0 Å². The highest BCUT2D eigenvalue weighted by atomic mass is 35.5. The fourth-order valence-electron chi connectivity index (χ4n) is 1.93. The van der Waals surface area contributed by atoms with Crippen LogP contribution in [0, 0.1) is 5.92 Å². The molecule has 0 aromatic heterocycles. The van der Waals surface area contributed by atoms with E-state index in [-0.39, 0.29) is 18.5 Å². The highest BCUT2D eigenvalue weighted by Gasteiger charge is 2.20. The lowest BCUT2D eigenvalue weighted by atomic mass is 9.86. The fourth-order valence-corrected chi connectivity index (χ4v) is 1.93. The molecule has 1 saturated carbocycles. The minimum atomic E-state index is -0.418. The lowest BCUT2D eigenvalue weighted by Crippen LogP contribution is -2.37. The number of nitrogens with two attached hydrogens (primary N) is 1. The van der Waals surface area contributed by atoms with Crippen LogP contribution in [-0.4, -0.2) is 24.3 Å². The van der Waals surface area contributed by atoms with Gasteiger partial charge in [-0.15, -0.1) is 12.4 Å². The Labute approximate surface area is 110 Å². The van der Waals surface area contributed by atoms with Gasteiger partial charge in [-0.1, -0.05) is 0 Å². The summed E-state index contributed by atoms with van der Waals surface area (Å²) in [5, 5.41) is 2.82. The second kappa shape index (κ2) is 7.07. The molecular formula is C12H25ClN2O2. The maximum absolute atomic E-state index is 11.4.